The highest BCUT2D eigenvalue weighted by Gasteiger charge is 2.39. The van der Waals surface area contributed by atoms with Gasteiger partial charge >= 0.3 is 0 Å². The van der Waals surface area contributed by atoms with Crippen molar-refractivity contribution in [1.82, 2.24) is 0 Å². The van der Waals surface area contributed by atoms with Gasteiger partial charge < -0.3 is 0 Å². The van der Waals surface area contributed by atoms with E-state index in [9.17, 15) is 0 Å². The molecule has 0 amide bonds. The lowest BCUT2D eigenvalue weighted by molar-refractivity contribution is 0.696. The van der Waals surface area contributed by atoms with Gasteiger partial charge in [-0.2, -0.15) is 0 Å². The molecule has 0 spiro atoms. The van der Waals surface area contributed by atoms with Gasteiger partial charge in [0.2, 0.25) is 0 Å². The van der Waals surface area contributed by atoms with Crippen LogP contribution in [0.5, 0.6) is 0 Å². The second-order valence-electron chi connectivity index (χ2n) is 5.70. The van der Waals surface area contributed by atoms with Crippen LogP contribution in [0.4, 0.5) is 0 Å². The van der Waals surface area contributed by atoms with Gasteiger partial charge in [-0.1, -0.05) is 64.8 Å². The highest BCUT2D eigenvalue weighted by atomic mass is 28.3. The van der Waals surface area contributed by atoms with Crippen LogP contribution in [0.2, 0.25) is 24.2 Å². The average molecular weight is 224 g/mol. The lowest BCUT2D eigenvalue weighted by Gasteiger charge is -2.31. The molecule has 1 heteroatoms. The summed E-state index contributed by atoms with van der Waals surface area (Å²) in [5, 5.41) is 0. The van der Waals surface area contributed by atoms with Crippen LogP contribution in [0.15, 0.2) is 12.2 Å². The molecule has 0 aromatic heterocycles. The van der Waals surface area contributed by atoms with Crippen molar-refractivity contribution < 1.29 is 0 Å². The van der Waals surface area contributed by atoms with E-state index < -0.39 is 8.07 Å². The first-order chi connectivity index (χ1) is 7.12. The van der Waals surface area contributed by atoms with Gasteiger partial charge in [0.15, 0.2) is 0 Å². The summed E-state index contributed by atoms with van der Waals surface area (Å²) in [4.78, 5) is 0. The molecule has 1 aliphatic rings. The first kappa shape index (κ1) is 13.0. The van der Waals surface area contributed by atoms with E-state index in [1.165, 1.54) is 38.5 Å². The first-order valence-corrected chi connectivity index (χ1v) is 9.96. The predicted octanol–water partition coefficient (Wildman–Crippen LogP) is 5.39. The summed E-state index contributed by atoms with van der Waals surface area (Å²) in [6.45, 7) is 9.82. The molecule has 88 valence electrons. The minimum Gasteiger partial charge on any atom is -0.0881 e. The second kappa shape index (κ2) is 5.88. The lowest BCUT2D eigenvalue weighted by atomic mass is 10.1. The maximum atomic E-state index is 2.60. The Bertz CT molecular complexity index is 185. The maximum absolute atomic E-state index is 2.60. The van der Waals surface area contributed by atoms with E-state index in [-0.39, 0.29) is 0 Å². The molecule has 0 fully saturated rings. The summed E-state index contributed by atoms with van der Waals surface area (Å²) < 4.78 is 0. The zero-order valence-corrected chi connectivity index (χ0v) is 12.1. The Kier molecular flexibility index (Phi) is 5.11. The fraction of sp³-hybridized carbons (Fsp3) is 0.857. The smallest absolute Gasteiger partial charge is 0.0611 e. The molecule has 0 radical (unpaired) electrons. The molecule has 0 nitrogen and oxygen atoms in total. The Labute approximate surface area is 97.2 Å². The van der Waals surface area contributed by atoms with Crippen molar-refractivity contribution in [3.8, 4) is 0 Å². The van der Waals surface area contributed by atoms with Crippen LogP contribution in [-0.4, -0.2) is 8.07 Å². The Morgan fingerprint density at radius 2 is 1.27 bits per heavy atom. The van der Waals surface area contributed by atoms with Crippen LogP contribution in [0, 0.1) is 0 Å². The standard InChI is InChI=1S/C14H28Si/c1-5-7-9-13-11-12-14(10-8-6-2)15(13,3)4/h11-14H,5-10H2,1-4H3/t13-,14-/m0/s1. The van der Waals surface area contributed by atoms with E-state index in [2.05, 4.69) is 39.1 Å². The third-order valence-electron chi connectivity index (χ3n) is 4.22. The molecular formula is C14H28Si. The molecule has 1 aliphatic heterocycles. The van der Waals surface area contributed by atoms with Crippen LogP contribution in [0.25, 0.3) is 0 Å². The molecular weight excluding hydrogens is 196 g/mol. The van der Waals surface area contributed by atoms with E-state index >= 15 is 0 Å². The van der Waals surface area contributed by atoms with Crippen molar-refractivity contribution in [3.05, 3.63) is 12.2 Å². The van der Waals surface area contributed by atoms with Crippen LogP contribution < -0.4 is 0 Å². The van der Waals surface area contributed by atoms with Gasteiger partial charge in [-0.3, -0.25) is 0 Å². The van der Waals surface area contributed by atoms with Gasteiger partial charge in [-0.25, -0.2) is 0 Å². The van der Waals surface area contributed by atoms with Crippen molar-refractivity contribution in [2.45, 2.75) is 76.5 Å². The zero-order chi connectivity index (χ0) is 11.3. The Balaban J connectivity index is 2.47. The largest absolute Gasteiger partial charge is 0.0881 e. The summed E-state index contributed by atoms with van der Waals surface area (Å²) in [5.41, 5.74) is 1.94. The molecule has 0 aliphatic carbocycles. The predicted molar refractivity (Wildman–Crippen MR) is 73.2 cm³/mol. The molecule has 0 N–H and O–H groups in total. The molecule has 15 heavy (non-hydrogen) atoms. The number of hydrogen-bond acceptors (Lipinski definition) is 0. The van der Waals surface area contributed by atoms with Crippen LogP contribution >= 0.6 is 0 Å². The van der Waals surface area contributed by atoms with Gasteiger partial charge in [0.05, 0.1) is 8.07 Å². The first-order valence-electron chi connectivity index (χ1n) is 6.81. The molecule has 2 atom stereocenters. The van der Waals surface area contributed by atoms with Crippen molar-refractivity contribution in [2.75, 3.05) is 0 Å². The summed E-state index contributed by atoms with van der Waals surface area (Å²) in [6.07, 6.45) is 13.6. The third-order valence-corrected chi connectivity index (χ3v) is 9.01. The van der Waals surface area contributed by atoms with E-state index in [0.717, 1.165) is 11.1 Å². The number of unbranched alkanes of at least 4 members (excludes halogenated alkanes) is 2. The fourth-order valence-electron chi connectivity index (χ4n) is 2.82. The monoisotopic (exact) mass is 224 g/mol. The quantitative estimate of drug-likeness (QED) is 0.419. The summed E-state index contributed by atoms with van der Waals surface area (Å²) in [7, 11) is -0.985. The SMILES string of the molecule is CCCC[C@H]1C=C[C@H](CCCC)[Si]1(C)C. The fourth-order valence-corrected chi connectivity index (χ4v) is 6.48. The number of hydrogen-bond donors (Lipinski definition) is 0. The molecule has 1 rings (SSSR count). The molecule has 0 aromatic rings. The lowest BCUT2D eigenvalue weighted by Crippen LogP contribution is -2.33. The molecule has 1 heterocycles. The van der Waals surface area contributed by atoms with Crippen LogP contribution in [-0.2, 0) is 0 Å². The minimum absolute atomic E-state index is 0.972. The molecule has 0 saturated heterocycles. The van der Waals surface area contributed by atoms with Crippen molar-refractivity contribution in [3.63, 3.8) is 0 Å². The summed E-state index contributed by atoms with van der Waals surface area (Å²) in [6, 6.07) is 0. The van der Waals surface area contributed by atoms with E-state index in [1.54, 1.807) is 0 Å². The maximum Gasteiger partial charge on any atom is 0.0611 e. The molecule has 0 aromatic carbocycles. The molecule has 0 bridgehead atoms. The van der Waals surface area contributed by atoms with Crippen LogP contribution in [0.3, 0.4) is 0 Å². The normalized spacial score (nSPS) is 28.5. The van der Waals surface area contributed by atoms with Gasteiger partial charge in [-0.15, -0.1) is 0 Å². The van der Waals surface area contributed by atoms with Gasteiger partial charge in [0.1, 0.15) is 0 Å². The number of rotatable bonds is 6. The molecule has 0 unspecified atom stereocenters. The van der Waals surface area contributed by atoms with Crippen molar-refractivity contribution in [1.29, 1.82) is 0 Å². The topological polar surface area (TPSA) is 0 Å². The van der Waals surface area contributed by atoms with Crippen molar-refractivity contribution >= 4 is 8.07 Å². The van der Waals surface area contributed by atoms with Gasteiger partial charge in [0.25, 0.3) is 0 Å². The Morgan fingerprint density at radius 3 is 1.60 bits per heavy atom. The highest BCUT2D eigenvalue weighted by molar-refractivity contribution is 6.81. The van der Waals surface area contributed by atoms with E-state index in [0.29, 0.717) is 0 Å². The Morgan fingerprint density at radius 1 is 0.867 bits per heavy atom. The second-order valence-corrected chi connectivity index (χ2v) is 10.8. The van der Waals surface area contributed by atoms with Crippen LogP contribution in [0.1, 0.15) is 52.4 Å². The average Bonchev–Trinajstić information content (AvgIpc) is 2.48. The van der Waals surface area contributed by atoms with E-state index in [1.807, 2.05) is 0 Å². The summed E-state index contributed by atoms with van der Waals surface area (Å²) >= 11 is 0. The number of allylic oxidation sites excluding steroid dienone is 2. The summed E-state index contributed by atoms with van der Waals surface area (Å²) in [5.74, 6) is 0. The van der Waals surface area contributed by atoms with Crippen molar-refractivity contribution in [2.24, 2.45) is 0 Å². The third kappa shape index (κ3) is 3.20. The molecule has 0 saturated carbocycles. The highest BCUT2D eigenvalue weighted by Crippen LogP contribution is 2.46. The van der Waals surface area contributed by atoms with Gasteiger partial charge in [-0.05, 0) is 23.9 Å². The minimum atomic E-state index is -0.985. The van der Waals surface area contributed by atoms with Gasteiger partial charge in [0, 0.05) is 0 Å². The van der Waals surface area contributed by atoms with E-state index in [4.69, 9.17) is 0 Å². The zero-order valence-electron chi connectivity index (χ0n) is 11.1. The Hall–Kier alpha value is -0.0431.